The van der Waals surface area contributed by atoms with Gasteiger partial charge in [0.2, 0.25) is 5.78 Å². The topological polar surface area (TPSA) is 30.2 Å². The van der Waals surface area contributed by atoms with Crippen LogP contribution in [0, 0.1) is 12.3 Å². The van der Waals surface area contributed by atoms with Crippen molar-refractivity contribution in [3.05, 3.63) is 47.7 Å². The summed E-state index contributed by atoms with van der Waals surface area (Å²) in [5, 5.41) is 0. The Bertz CT molecular complexity index is 634. The Morgan fingerprint density at radius 3 is 2.80 bits per heavy atom. The first-order valence-corrected chi connectivity index (χ1v) is 7.99. The van der Waals surface area contributed by atoms with E-state index >= 15 is 0 Å². The molecule has 0 saturated heterocycles. The predicted molar refractivity (Wildman–Crippen MR) is 88.9 cm³/mol. The van der Waals surface area contributed by atoms with Crippen molar-refractivity contribution >= 4 is 28.4 Å². The Morgan fingerprint density at radius 1 is 1.25 bits per heavy atom. The van der Waals surface area contributed by atoms with Crippen molar-refractivity contribution in [1.29, 1.82) is 0 Å². The molecule has 0 bridgehead atoms. The number of hydrogen-bond donors (Lipinski definition) is 0. The molecule has 0 unspecified atom stereocenters. The molecule has 0 amide bonds. The summed E-state index contributed by atoms with van der Waals surface area (Å²) in [6.07, 6.45) is 7.43. The zero-order chi connectivity index (χ0) is 14.4. The van der Waals surface area contributed by atoms with Crippen LogP contribution in [0.1, 0.15) is 17.7 Å². The van der Waals surface area contributed by atoms with E-state index in [0.29, 0.717) is 0 Å². The summed E-state index contributed by atoms with van der Waals surface area (Å²) in [7, 11) is 0. The number of alkyl halides is 1. The third-order valence-corrected chi connectivity index (χ3v) is 3.78. The van der Waals surface area contributed by atoms with Crippen molar-refractivity contribution in [2.24, 2.45) is 0 Å². The third kappa shape index (κ3) is 3.73. The molecule has 0 radical (unpaired) electrons. The minimum absolute atomic E-state index is 0.214. The van der Waals surface area contributed by atoms with Crippen LogP contribution in [-0.4, -0.2) is 10.2 Å². The molecule has 0 aliphatic rings. The second-order valence-electron chi connectivity index (χ2n) is 4.46. The molecule has 0 saturated carbocycles. The molecule has 102 valence electrons. The Labute approximate surface area is 132 Å². The van der Waals surface area contributed by atoms with Gasteiger partial charge >= 0.3 is 0 Å². The van der Waals surface area contributed by atoms with Crippen molar-refractivity contribution < 1.29 is 9.21 Å². The Morgan fingerprint density at radius 2 is 2.05 bits per heavy atom. The average Bonchev–Trinajstić information content (AvgIpc) is 2.94. The quantitative estimate of drug-likeness (QED) is 0.329. The lowest BCUT2D eigenvalue weighted by Crippen LogP contribution is -2.00. The molecule has 0 aliphatic heterocycles. The highest BCUT2D eigenvalue weighted by Gasteiger charge is 2.11. The van der Waals surface area contributed by atoms with Crippen molar-refractivity contribution in [2.45, 2.75) is 19.3 Å². The van der Waals surface area contributed by atoms with E-state index in [1.165, 1.54) is 0 Å². The molecule has 2 aromatic rings. The van der Waals surface area contributed by atoms with Gasteiger partial charge in [-0.3, -0.25) is 4.79 Å². The fourth-order valence-electron chi connectivity index (χ4n) is 2.04. The smallest absolute Gasteiger partial charge is 0.209 e. The number of hydrogen-bond acceptors (Lipinski definition) is 2. The summed E-state index contributed by atoms with van der Waals surface area (Å²) in [6, 6.07) is 11.7. The monoisotopic (exact) mass is 378 g/mol. The van der Waals surface area contributed by atoms with Gasteiger partial charge in [-0.2, -0.15) is 0 Å². The van der Waals surface area contributed by atoms with E-state index in [2.05, 4.69) is 28.5 Å². The number of ketones is 1. The summed E-state index contributed by atoms with van der Waals surface area (Å²) < 4.78 is 6.97. The highest BCUT2D eigenvalue weighted by Crippen LogP contribution is 2.26. The highest BCUT2D eigenvalue weighted by atomic mass is 127. The van der Waals surface area contributed by atoms with Crippen LogP contribution in [0.4, 0.5) is 0 Å². The summed E-state index contributed by atoms with van der Waals surface area (Å²) in [4.78, 5) is 11.4. The fraction of sp³-hybridized carbons (Fsp3) is 0.235. The molecule has 1 heterocycles. The molecule has 0 atom stereocenters. The number of halogens is 1. The fourth-order valence-corrected chi connectivity index (χ4v) is 2.42. The van der Waals surface area contributed by atoms with Gasteiger partial charge in [0.1, 0.15) is 11.5 Å². The zero-order valence-electron chi connectivity index (χ0n) is 11.1. The molecular formula is C17H15IO2. The molecule has 2 nitrogen and oxygen atoms in total. The number of furan rings is 1. The lowest BCUT2D eigenvalue weighted by atomic mass is 10.0. The van der Waals surface area contributed by atoms with Crippen LogP contribution in [0.15, 0.2) is 40.8 Å². The minimum Gasteiger partial charge on any atom is -0.461 e. The Kier molecular flexibility index (Phi) is 5.42. The third-order valence-electron chi connectivity index (χ3n) is 3.01. The number of carbonyl (C=O) groups is 1. The van der Waals surface area contributed by atoms with E-state index in [1.54, 1.807) is 0 Å². The molecule has 0 spiro atoms. The number of benzene rings is 1. The maximum atomic E-state index is 11.4. The lowest BCUT2D eigenvalue weighted by Gasteiger charge is -2.05. The molecule has 1 aromatic heterocycles. The second kappa shape index (κ2) is 7.30. The van der Waals surface area contributed by atoms with Gasteiger partial charge in [-0.1, -0.05) is 46.9 Å². The minimum atomic E-state index is -0.214. The molecule has 0 fully saturated rings. The number of carbonyl (C=O) groups excluding carboxylic acids is 1. The van der Waals surface area contributed by atoms with Gasteiger partial charge in [-0.15, -0.1) is 6.42 Å². The maximum Gasteiger partial charge on any atom is 0.209 e. The van der Waals surface area contributed by atoms with Crippen LogP contribution in [0.2, 0.25) is 0 Å². The van der Waals surface area contributed by atoms with Crippen LogP contribution in [0.3, 0.4) is 0 Å². The predicted octanol–water partition coefficient (Wildman–Crippen LogP) is 4.06. The maximum absolute atomic E-state index is 11.4. The Balaban J connectivity index is 2.26. The first-order valence-electron chi connectivity index (χ1n) is 6.47. The number of aryl methyl sites for hydroxylation is 1. The SMILES string of the molecule is C#CC(=O)Cc1ccccc1-c1ccc(CCCI)o1. The lowest BCUT2D eigenvalue weighted by molar-refractivity contribution is -0.113. The van der Waals surface area contributed by atoms with Crippen LogP contribution in [0.5, 0.6) is 0 Å². The van der Waals surface area contributed by atoms with Gasteiger partial charge in [0, 0.05) is 18.4 Å². The molecule has 0 aliphatic carbocycles. The van der Waals surface area contributed by atoms with Crippen LogP contribution in [-0.2, 0) is 17.6 Å². The van der Waals surface area contributed by atoms with Crippen LogP contribution in [0.25, 0.3) is 11.3 Å². The van der Waals surface area contributed by atoms with E-state index in [-0.39, 0.29) is 12.2 Å². The van der Waals surface area contributed by atoms with Crippen molar-refractivity contribution in [1.82, 2.24) is 0 Å². The standard InChI is InChI=1S/C17H15IO2/c1-2-14(19)12-13-6-3-4-8-16(13)17-10-9-15(20-17)7-5-11-18/h1,3-4,6,8-10H,5,7,11-12H2. The van der Waals surface area contributed by atoms with Gasteiger partial charge in [-0.05, 0) is 34.5 Å². The molecule has 3 heteroatoms. The molecule has 0 N–H and O–H groups in total. The summed E-state index contributed by atoms with van der Waals surface area (Å²) in [5.74, 6) is 3.72. The zero-order valence-corrected chi connectivity index (χ0v) is 13.2. The Hall–Kier alpha value is -1.54. The summed E-state index contributed by atoms with van der Waals surface area (Å²) in [6.45, 7) is 0. The molecule has 1 aromatic carbocycles. The van der Waals surface area contributed by atoms with Crippen LogP contribution < -0.4 is 0 Å². The van der Waals surface area contributed by atoms with Gasteiger partial charge in [0.15, 0.2) is 0 Å². The second-order valence-corrected chi connectivity index (χ2v) is 5.54. The normalized spacial score (nSPS) is 10.2. The molecular weight excluding hydrogens is 363 g/mol. The molecule has 2 rings (SSSR count). The van der Waals surface area contributed by atoms with Gasteiger partial charge in [0.25, 0.3) is 0 Å². The van der Waals surface area contributed by atoms with Crippen molar-refractivity contribution in [3.8, 4) is 23.7 Å². The summed E-state index contributed by atoms with van der Waals surface area (Å²) >= 11 is 2.36. The summed E-state index contributed by atoms with van der Waals surface area (Å²) in [5.41, 5.74) is 1.85. The van der Waals surface area contributed by atoms with E-state index in [1.807, 2.05) is 36.4 Å². The van der Waals surface area contributed by atoms with Crippen molar-refractivity contribution in [3.63, 3.8) is 0 Å². The van der Waals surface area contributed by atoms with E-state index in [9.17, 15) is 4.79 Å². The number of rotatable bonds is 6. The van der Waals surface area contributed by atoms with Gasteiger partial charge in [0.05, 0.1) is 0 Å². The number of Topliss-reactive ketones (excluding diaryl/α,β-unsaturated/α-hetero) is 1. The van der Waals surface area contributed by atoms with E-state index in [4.69, 9.17) is 10.8 Å². The number of terminal acetylenes is 1. The highest BCUT2D eigenvalue weighted by molar-refractivity contribution is 14.1. The molecule has 20 heavy (non-hydrogen) atoms. The first-order chi connectivity index (χ1) is 9.74. The largest absolute Gasteiger partial charge is 0.461 e. The van der Waals surface area contributed by atoms with Crippen molar-refractivity contribution in [2.75, 3.05) is 4.43 Å². The van der Waals surface area contributed by atoms with E-state index < -0.39 is 0 Å². The van der Waals surface area contributed by atoms with E-state index in [0.717, 1.165) is 39.9 Å². The average molecular weight is 378 g/mol. The van der Waals surface area contributed by atoms with Crippen LogP contribution >= 0.6 is 22.6 Å². The first kappa shape index (κ1) is 14.9. The van der Waals surface area contributed by atoms with Gasteiger partial charge < -0.3 is 4.42 Å². The van der Waals surface area contributed by atoms with Gasteiger partial charge in [-0.25, -0.2) is 0 Å².